The molecule has 0 heterocycles. The fraction of sp³-hybridized carbons (Fsp3) is 0.167. The van der Waals surface area contributed by atoms with Gasteiger partial charge in [-0.15, -0.1) is 0 Å². The van der Waals surface area contributed by atoms with Crippen molar-refractivity contribution in [1.82, 2.24) is 5.43 Å². The molecule has 0 fully saturated rings. The molecule has 0 unspecified atom stereocenters. The molecule has 38 heavy (non-hydrogen) atoms. The third-order valence-electron chi connectivity index (χ3n) is 5.27. The summed E-state index contributed by atoms with van der Waals surface area (Å²) in [5, 5.41) is 14.9. The first-order valence-corrected chi connectivity index (χ1v) is 12.2. The highest BCUT2D eigenvalue weighted by atomic mass is 32.2. The molecule has 3 aromatic carbocycles. The topological polar surface area (TPSA) is 131 Å². The van der Waals surface area contributed by atoms with Crippen molar-refractivity contribution in [2.45, 2.75) is 18.0 Å². The summed E-state index contributed by atoms with van der Waals surface area (Å²) in [7, 11) is -3.12. The summed E-state index contributed by atoms with van der Waals surface area (Å²) in [4.78, 5) is 22.8. The van der Waals surface area contributed by atoms with E-state index in [0.717, 1.165) is 30.5 Å². The van der Waals surface area contributed by atoms with Crippen LogP contribution >= 0.6 is 0 Å². The molecule has 0 saturated heterocycles. The first-order valence-electron chi connectivity index (χ1n) is 10.7. The summed E-state index contributed by atoms with van der Waals surface area (Å²) in [6.45, 7) is 0.604. The lowest BCUT2D eigenvalue weighted by molar-refractivity contribution is -0.385. The van der Waals surface area contributed by atoms with Crippen molar-refractivity contribution in [3.8, 4) is 5.75 Å². The van der Waals surface area contributed by atoms with E-state index in [1.165, 1.54) is 56.5 Å². The lowest BCUT2D eigenvalue weighted by Crippen LogP contribution is -2.39. The van der Waals surface area contributed by atoms with Gasteiger partial charge < -0.3 is 4.74 Å². The number of halogens is 3. The van der Waals surface area contributed by atoms with E-state index in [0.29, 0.717) is 10.1 Å². The normalized spacial score (nSPS) is 11.8. The van der Waals surface area contributed by atoms with Crippen molar-refractivity contribution in [2.24, 2.45) is 5.10 Å². The van der Waals surface area contributed by atoms with Gasteiger partial charge in [0, 0.05) is 17.2 Å². The highest BCUT2D eigenvalue weighted by Gasteiger charge is 2.33. The van der Waals surface area contributed by atoms with Gasteiger partial charge in [0.2, 0.25) is 0 Å². The number of sulfonamides is 1. The molecule has 1 N–H and O–H groups in total. The van der Waals surface area contributed by atoms with Crippen molar-refractivity contribution < 1.29 is 36.0 Å². The molecule has 0 aliphatic rings. The van der Waals surface area contributed by atoms with Gasteiger partial charge in [-0.3, -0.25) is 19.2 Å². The number of nitrogens with one attached hydrogen (secondary N) is 1. The average Bonchev–Trinajstić information content (AvgIpc) is 2.87. The standard InChI is InChI=1S/C24H21F3N4O6S/c1-16-7-12-20(13-22(16)31(33)34)38(35,36)30(18-8-10-19(37-2)11-9-18)15-23(32)29-28-14-17-5-3-4-6-21(17)24(25,26)27/h3-14H,15H2,1-2H3,(H,29,32)/b28-14-. The molecule has 0 radical (unpaired) electrons. The number of nitro benzene ring substituents is 1. The minimum Gasteiger partial charge on any atom is -0.497 e. The molecule has 10 nitrogen and oxygen atoms in total. The van der Waals surface area contributed by atoms with Crippen LogP contribution in [-0.4, -0.2) is 39.1 Å². The second-order valence-electron chi connectivity index (χ2n) is 7.79. The zero-order chi connectivity index (χ0) is 28.1. The molecule has 0 saturated carbocycles. The van der Waals surface area contributed by atoms with E-state index in [-0.39, 0.29) is 16.8 Å². The van der Waals surface area contributed by atoms with Crippen LogP contribution < -0.4 is 14.5 Å². The highest BCUT2D eigenvalue weighted by Crippen LogP contribution is 2.31. The third-order valence-corrected chi connectivity index (χ3v) is 7.04. The summed E-state index contributed by atoms with van der Waals surface area (Å²) in [6, 6.07) is 13.5. The van der Waals surface area contributed by atoms with Crippen molar-refractivity contribution in [3.05, 3.63) is 93.5 Å². The van der Waals surface area contributed by atoms with Crippen LogP contribution in [0.5, 0.6) is 5.75 Å². The molecule has 0 aliphatic carbocycles. The van der Waals surface area contributed by atoms with Crippen LogP contribution in [0.3, 0.4) is 0 Å². The number of alkyl halides is 3. The Morgan fingerprint density at radius 3 is 2.39 bits per heavy atom. The molecule has 0 atom stereocenters. The number of carbonyl (C=O) groups is 1. The molecule has 0 aliphatic heterocycles. The molecular formula is C24H21F3N4O6S. The number of ether oxygens (including phenoxy) is 1. The molecule has 14 heteroatoms. The van der Waals surface area contributed by atoms with Gasteiger partial charge in [-0.25, -0.2) is 13.8 Å². The van der Waals surface area contributed by atoms with Gasteiger partial charge in [-0.2, -0.15) is 18.3 Å². The van der Waals surface area contributed by atoms with Crippen LogP contribution in [0.1, 0.15) is 16.7 Å². The van der Waals surface area contributed by atoms with E-state index in [1.807, 2.05) is 5.43 Å². The lowest BCUT2D eigenvalue weighted by atomic mass is 10.1. The Balaban J connectivity index is 1.93. The fourth-order valence-electron chi connectivity index (χ4n) is 3.34. The number of rotatable bonds is 9. The van der Waals surface area contributed by atoms with Crippen molar-refractivity contribution >= 4 is 33.5 Å². The van der Waals surface area contributed by atoms with Crippen LogP contribution in [0, 0.1) is 17.0 Å². The number of benzene rings is 3. The number of hydrazone groups is 1. The summed E-state index contributed by atoms with van der Waals surface area (Å²) < 4.78 is 72.2. The van der Waals surface area contributed by atoms with Gasteiger partial charge in [0.15, 0.2) is 0 Å². The predicted molar refractivity (Wildman–Crippen MR) is 133 cm³/mol. The van der Waals surface area contributed by atoms with E-state index in [4.69, 9.17) is 4.74 Å². The van der Waals surface area contributed by atoms with E-state index < -0.39 is 49.7 Å². The van der Waals surface area contributed by atoms with Crippen LogP contribution in [0.4, 0.5) is 24.5 Å². The average molecular weight is 551 g/mol. The van der Waals surface area contributed by atoms with Gasteiger partial charge in [0.25, 0.3) is 21.6 Å². The number of nitrogens with zero attached hydrogens (tertiary/aromatic N) is 3. The van der Waals surface area contributed by atoms with Crippen LogP contribution in [0.25, 0.3) is 0 Å². The Labute approximate surface area is 215 Å². The minimum absolute atomic E-state index is 0.0237. The minimum atomic E-state index is -4.65. The second kappa shape index (κ2) is 11.3. The van der Waals surface area contributed by atoms with Crippen molar-refractivity contribution in [1.29, 1.82) is 0 Å². The van der Waals surface area contributed by atoms with E-state index in [9.17, 15) is 36.5 Å². The van der Waals surface area contributed by atoms with E-state index in [2.05, 4.69) is 5.10 Å². The lowest BCUT2D eigenvalue weighted by Gasteiger charge is -2.24. The van der Waals surface area contributed by atoms with Crippen LogP contribution in [-0.2, 0) is 21.0 Å². The molecule has 3 aromatic rings. The number of hydrogen-bond donors (Lipinski definition) is 1. The van der Waals surface area contributed by atoms with Crippen LogP contribution in [0.2, 0.25) is 0 Å². The molecule has 1 amide bonds. The molecule has 0 aromatic heterocycles. The van der Waals surface area contributed by atoms with Gasteiger partial charge in [0.1, 0.15) is 12.3 Å². The molecule has 0 spiro atoms. The van der Waals surface area contributed by atoms with Gasteiger partial charge in [-0.05, 0) is 43.3 Å². The Morgan fingerprint density at radius 1 is 1.13 bits per heavy atom. The maximum absolute atomic E-state index is 13.5. The maximum atomic E-state index is 13.5. The van der Waals surface area contributed by atoms with Crippen molar-refractivity contribution in [2.75, 3.05) is 18.0 Å². The largest absolute Gasteiger partial charge is 0.497 e. The van der Waals surface area contributed by atoms with E-state index in [1.54, 1.807) is 0 Å². The second-order valence-corrected chi connectivity index (χ2v) is 9.66. The number of amides is 1. The summed E-state index contributed by atoms with van der Waals surface area (Å²) in [5.41, 5.74) is 0.559. The number of carbonyl (C=O) groups excluding carboxylic acids is 1. The zero-order valence-corrected chi connectivity index (χ0v) is 20.8. The van der Waals surface area contributed by atoms with Gasteiger partial charge in [0.05, 0.1) is 34.4 Å². The Kier molecular flexibility index (Phi) is 8.36. The number of methoxy groups -OCH3 is 1. The smallest absolute Gasteiger partial charge is 0.417 e. The number of aryl methyl sites for hydroxylation is 1. The molecule has 3 rings (SSSR count). The maximum Gasteiger partial charge on any atom is 0.417 e. The molecule has 200 valence electrons. The fourth-order valence-corrected chi connectivity index (χ4v) is 4.79. The van der Waals surface area contributed by atoms with Gasteiger partial charge >= 0.3 is 6.18 Å². The Bertz CT molecular complexity index is 1480. The summed E-state index contributed by atoms with van der Waals surface area (Å²) >= 11 is 0. The van der Waals surface area contributed by atoms with Crippen molar-refractivity contribution in [3.63, 3.8) is 0 Å². The summed E-state index contributed by atoms with van der Waals surface area (Å²) in [5.74, 6) is -0.582. The van der Waals surface area contributed by atoms with E-state index >= 15 is 0 Å². The number of nitro groups is 1. The highest BCUT2D eigenvalue weighted by molar-refractivity contribution is 7.92. The Hall–Kier alpha value is -4.46. The molecular weight excluding hydrogens is 529 g/mol. The zero-order valence-electron chi connectivity index (χ0n) is 20.0. The summed E-state index contributed by atoms with van der Waals surface area (Å²) in [6.07, 6.45) is -3.86. The quantitative estimate of drug-likeness (QED) is 0.240. The first-order chi connectivity index (χ1) is 17.8. The third kappa shape index (κ3) is 6.45. The monoisotopic (exact) mass is 550 g/mol. The number of hydrogen-bond acceptors (Lipinski definition) is 7. The van der Waals surface area contributed by atoms with Crippen LogP contribution in [0.15, 0.2) is 76.7 Å². The SMILES string of the molecule is COc1ccc(N(CC(=O)N/N=C\c2ccccc2C(F)(F)F)S(=O)(=O)c2ccc(C)c([N+](=O)[O-])c2)cc1. The number of anilines is 1. The first kappa shape index (κ1) is 28.1. The predicted octanol–water partition coefficient (Wildman–Crippen LogP) is 4.28. The molecule has 0 bridgehead atoms. The Morgan fingerprint density at radius 2 is 1.79 bits per heavy atom. The van der Waals surface area contributed by atoms with Gasteiger partial charge in [-0.1, -0.05) is 24.3 Å².